The minimum atomic E-state index is -0.297. The van der Waals surface area contributed by atoms with Crippen molar-refractivity contribution in [1.82, 2.24) is 0 Å². The molecule has 4 nitrogen and oxygen atoms in total. The third-order valence-electron chi connectivity index (χ3n) is 4.40. The van der Waals surface area contributed by atoms with E-state index < -0.39 is 0 Å². The zero-order chi connectivity index (χ0) is 19.9. The number of carbonyl (C=O) groups is 2. The molecule has 0 aromatic heterocycles. The first-order chi connectivity index (χ1) is 13.5. The van der Waals surface area contributed by atoms with Crippen LogP contribution in [0, 0.1) is 0 Å². The number of rotatable bonds is 6. The second kappa shape index (κ2) is 9.00. The molecule has 0 aliphatic heterocycles. The molecule has 28 heavy (non-hydrogen) atoms. The van der Waals surface area contributed by atoms with E-state index in [-0.39, 0.29) is 25.2 Å². The largest absolute Gasteiger partial charge is 0.461 e. The van der Waals surface area contributed by atoms with Crippen LogP contribution in [0.15, 0.2) is 72.8 Å². The highest BCUT2D eigenvalue weighted by molar-refractivity contribution is 5.74. The molecular formula is C24H22O4. The predicted molar refractivity (Wildman–Crippen MR) is 108 cm³/mol. The Balaban J connectivity index is 1.88. The third-order valence-corrected chi connectivity index (χ3v) is 4.40. The summed E-state index contributed by atoms with van der Waals surface area (Å²) in [5.41, 5.74) is 6.07. The van der Waals surface area contributed by atoms with E-state index in [0.717, 1.165) is 33.4 Å². The van der Waals surface area contributed by atoms with Gasteiger partial charge in [0.05, 0.1) is 0 Å². The van der Waals surface area contributed by atoms with Crippen LogP contribution in [0.1, 0.15) is 25.0 Å². The fourth-order valence-electron chi connectivity index (χ4n) is 3.04. The molecule has 0 fully saturated rings. The van der Waals surface area contributed by atoms with Crippen LogP contribution in [0.4, 0.5) is 0 Å². The van der Waals surface area contributed by atoms with Gasteiger partial charge in [-0.25, -0.2) is 0 Å². The highest BCUT2D eigenvalue weighted by Gasteiger charge is 2.09. The van der Waals surface area contributed by atoms with Crippen molar-refractivity contribution >= 4 is 11.9 Å². The van der Waals surface area contributed by atoms with E-state index in [1.165, 1.54) is 13.8 Å². The molecule has 0 aliphatic rings. The zero-order valence-electron chi connectivity index (χ0n) is 16.0. The number of hydrogen-bond acceptors (Lipinski definition) is 4. The topological polar surface area (TPSA) is 52.6 Å². The van der Waals surface area contributed by atoms with Gasteiger partial charge in [0.25, 0.3) is 0 Å². The van der Waals surface area contributed by atoms with E-state index in [1.54, 1.807) is 0 Å². The molecule has 0 N–H and O–H groups in total. The van der Waals surface area contributed by atoms with E-state index in [1.807, 2.05) is 72.8 Å². The van der Waals surface area contributed by atoms with E-state index in [9.17, 15) is 9.59 Å². The number of carbonyl (C=O) groups excluding carboxylic acids is 2. The Kier molecular flexibility index (Phi) is 6.22. The van der Waals surface area contributed by atoms with Gasteiger partial charge < -0.3 is 9.47 Å². The maximum Gasteiger partial charge on any atom is 0.302 e. The summed E-state index contributed by atoms with van der Waals surface area (Å²) in [5.74, 6) is -0.593. The van der Waals surface area contributed by atoms with Crippen LogP contribution in [0.3, 0.4) is 0 Å². The first kappa shape index (κ1) is 19.4. The summed E-state index contributed by atoms with van der Waals surface area (Å²) < 4.78 is 10.3. The zero-order valence-corrected chi connectivity index (χ0v) is 16.0. The highest BCUT2D eigenvalue weighted by Crippen LogP contribution is 2.29. The van der Waals surface area contributed by atoms with Gasteiger partial charge in [-0.05, 0) is 33.4 Å². The first-order valence-electron chi connectivity index (χ1n) is 9.08. The van der Waals surface area contributed by atoms with Crippen LogP contribution in [0.5, 0.6) is 0 Å². The maximum absolute atomic E-state index is 11.1. The molecular weight excluding hydrogens is 352 g/mol. The Hall–Kier alpha value is -3.40. The normalized spacial score (nSPS) is 10.4. The second-order valence-electron chi connectivity index (χ2n) is 6.45. The summed E-state index contributed by atoms with van der Waals surface area (Å²) in [4.78, 5) is 22.3. The Morgan fingerprint density at radius 2 is 0.964 bits per heavy atom. The molecule has 0 aliphatic carbocycles. The third kappa shape index (κ3) is 4.86. The van der Waals surface area contributed by atoms with Crippen molar-refractivity contribution in [2.75, 3.05) is 0 Å². The summed E-state index contributed by atoms with van der Waals surface area (Å²) in [7, 11) is 0. The summed E-state index contributed by atoms with van der Waals surface area (Å²) in [6.45, 7) is 3.31. The molecule has 0 saturated heterocycles. The van der Waals surface area contributed by atoms with Crippen molar-refractivity contribution in [3.05, 3.63) is 83.9 Å². The van der Waals surface area contributed by atoms with E-state index >= 15 is 0 Å². The van der Waals surface area contributed by atoms with Gasteiger partial charge in [-0.15, -0.1) is 0 Å². The van der Waals surface area contributed by atoms with Crippen LogP contribution in [0.2, 0.25) is 0 Å². The molecule has 0 amide bonds. The van der Waals surface area contributed by atoms with Crippen molar-refractivity contribution < 1.29 is 19.1 Å². The number of benzene rings is 3. The standard InChI is InChI=1S/C24H22O4/c1-17(25)27-15-21-7-3-5-9-23(21)19-11-13-20(14-12-19)24-10-6-4-8-22(24)16-28-18(2)26/h3-14H,15-16H2,1-2H3. The van der Waals surface area contributed by atoms with Gasteiger partial charge in [0, 0.05) is 13.8 Å². The monoisotopic (exact) mass is 374 g/mol. The van der Waals surface area contributed by atoms with Crippen molar-refractivity contribution in [2.45, 2.75) is 27.1 Å². The molecule has 0 heterocycles. The van der Waals surface area contributed by atoms with Crippen molar-refractivity contribution in [3.8, 4) is 22.3 Å². The summed E-state index contributed by atoms with van der Waals surface area (Å²) in [5, 5.41) is 0. The van der Waals surface area contributed by atoms with Crippen molar-refractivity contribution in [2.24, 2.45) is 0 Å². The highest BCUT2D eigenvalue weighted by atomic mass is 16.5. The number of ether oxygens (including phenoxy) is 2. The molecule has 3 aromatic carbocycles. The predicted octanol–water partition coefficient (Wildman–Crippen LogP) is 5.15. The van der Waals surface area contributed by atoms with Crippen LogP contribution in [-0.2, 0) is 32.3 Å². The van der Waals surface area contributed by atoms with Gasteiger partial charge in [-0.2, -0.15) is 0 Å². The Morgan fingerprint density at radius 1 is 0.607 bits per heavy atom. The average Bonchev–Trinajstić information content (AvgIpc) is 2.71. The lowest BCUT2D eigenvalue weighted by Crippen LogP contribution is -2.00. The van der Waals surface area contributed by atoms with E-state index in [4.69, 9.17) is 9.47 Å². The molecule has 0 saturated carbocycles. The summed E-state index contributed by atoms with van der Waals surface area (Å²) >= 11 is 0. The lowest BCUT2D eigenvalue weighted by molar-refractivity contribution is -0.143. The maximum atomic E-state index is 11.1. The number of hydrogen-bond donors (Lipinski definition) is 0. The molecule has 0 spiro atoms. The fourth-order valence-corrected chi connectivity index (χ4v) is 3.04. The molecule has 3 aromatic rings. The Labute approximate surface area is 164 Å². The van der Waals surface area contributed by atoms with Crippen LogP contribution in [-0.4, -0.2) is 11.9 Å². The first-order valence-corrected chi connectivity index (χ1v) is 9.08. The average molecular weight is 374 g/mol. The van der Waals surface area contributed by atoms with Crippen LogP contribution >= 0.6 is 0 Å². The summed E-state index contributed by atoms with van der Waals surface area (Å²) in [6.07, 6.45) is 0. The molecule has 4 heteroatoms. The number of esters is 2. The van der Waals surface area contributed by atoms with Crippen LogP contribution < -0.4 is 0 Å². The molecule has 0 unspecified atom stereocenters. The van der Waals surface area contributed by atoms with Gasteiger partial charge in [-0.3, -0.25) is 9.59 Å². The van der Waals surface area contributed by atoms with Gasteiger partial charge in [0.1, 0.15) is 13.2 Å². The lowest BCUT2D eigenvalue weighted by Gasteiger charge is -2.12. The fraction of sp³-hybridized carbons (Fsp3) is 0.167. The molecule has 0 bridgehead atoms. The molecule has 142 valence electrons. The van der Waals surface area contributed by atoms with Gasteiger partial charge in [0.15, 0.2) is 0 Å². The SMILES string of the molecule is CC(=O)OCc1ccccc1-c1ccc(-c2ccccc2COC(C)=O)cc1. The minimum absolute atomic E-state index is 0.248. The van der Waals surface area contributed by atoms with Crippen molar-refractivity contribution in [3.63, 3.8) is 0 Å². The van der Waals surface area contributed by atoms with E-state index in [0.29, 0.717) is 0 Å². The van der Waals surface area contributed by atoms with Crippen LogP contribution in [0.25, 0.3) is 22.3 Å². The summed E-state index contributed by atoms with van der Waals surface area (Å²) in [6, 6.07) is 23.9. The van der Waals surface area contributed by atoms with E-state index in [2.05, 4.69) is 0 Å². The quantitative estimate of drug-likeness (QED) is 0.560. The van der Waals surface area contributed by atoms with Gasteiger partial charge in [-0.1, -0.05) is 72.8 Å². The molecule has 0 radical (unpaired) electrons. The second-order valence-corrected chi connectivity index (χ2v) is 6.45. The smallest absolute Gasteiger partial charge is 0.302 e. The van der Waals surface area contributed by atoms with Gasteiger partial charge >= 0.3 is 11.9 Å². The molecule has 0 atom stereocenters. The minimum Gasteiger partial charge on any atom is -0.461 e. The Bertz CT molecular complexity index is 893. The lowest BCUT2D eigenvalue weighted by atomic mass is 9.95. The van der Waals surface area contributed by atoms with Gasteiger partial charge in [0.2, 0.25) is 0 Å². The van der Waals surface area contributed by atoms with Crippen molar-refractivity contribution in [1.29, 1.82) is 0 Å². The Morgan fingerprint density at radius 3 is 1.32 bits per heavy atom. The molecule has 3 rings (SSSR count).